The van der Waals surface area contributed by atoms with Crippen molar-refractivity contribution in [3.8, 4) is 5.75 Å². The minimum Gasteiger partial charge on any atom is -0.399 e. The maximum Gasteiger partial charge on any atom is 0.244 e. The molecule has 1 heterocycles. The van der Waals surface area contributed by atoms with E-state index in [1.54, 1.807) is 11.3 Å². The van der Waals surface area contributed by atoms with E-state index in [2.05, 4.69) is 72.7 Å². The number of aryl methyl sites for hydroxylation is 3. The molecule has 0 bridgehead atoms. The summed E-state index contributed by atoms with van der Waals surface area (Å²) in [4.78, 5) is 18.6. The molecule has 1 atom stereocenters. The highest BCUT2D eigenvalue weighted by atomic mass is 32.2. The van der Waals surface area contributed by atoms with Gasteiger partial charge in [0.15, 0.2) is 0 Å². The first-order chi connectivity index (χ1) is 19.8. The highest BCUT2D eigenvalue weighted by molar-refractivity contribution is 7.90. The maximum atomic E-state index is 13.4. The van der Waals surface area contributed by atoms with Gasteiger partial charge in [0.2, 0.25) is 18.2 Å². The van der Waals surface area contributed by atoms with Crippen LogP contribution in [0.2, 0.25) is 0 Å². The lowest BCUT2D eigenvalue weighted by atomic mass is 10.0. The Kier molecular flexibility index (Phi) is 13.5. The minimum atomic E-state index is 0.154. The van der Waals surface area contributed by atoms with Gasteiger partial charge in [0, 0.05) is 29.7 Å². The molecule has 1 aliphatic rings. The van der Waals surface area contributed by atoms with Crippen molar-refractivity contribution in [2.24, 2.45) is 5.90 Å². The summed E-state index contributed by atoms with van der Waals surface area (Å²) in [6, 6.07) is 18.3. The molecular weight excluding hydrogens is 551 g/mol. The number of hydrogen-bond donors (Lipinski definition) is 1. The van der Waals surface area contributed by atoms with Gasteiger partial charge in [0.1, 0.15) is 5.75 Å². The molecule has 0 fully saturated rings. The number of rotatable bonds is 13. The summed E-state index contributed by atoms with van der Waals surface area (Å²) < 4.78 is 9.19. The number of carbonyl (C=O) groups is 1. The monoisotopic (exact) mass is 593 g/mol. The van der Waals surface area contributed by atoms with Gasteiger partial charge in [0.05, 0.1) is 6.54 Å². The molecule has 4 rings (SSSR count). The Labute approximate surface area is 254 Å². The Morgan fingerprint density at radius 1 is 1.17 bits per heavy atom. The van der Waals surface area contributed by atoms with Gasteiger partial charge >= 0.3 is 0 Å². The van der Waals surface area contributed by atoms with Crippen LogP contribution in [0.3, 0.4) is 0 Å². The van der Waals surface area contributed by atoms with Crippen molar-refractivity contribution in [3.05, 3.63) is 106 Å². The van der Waals surface area contributed by atoms with Crippen LogP contribution in [0.4, 0.5) is 5.69 Å². The first-order valence-electron chi connectivity index (χ1n) is 14.1. The zero-order valence-corrected chi connectivity index (χ0v) is 26.3. The van der Waals surface area contributed by atoms with Crippen molar-refractivity contribution in [2.75, 3.05) is 18.5 Å². The van der Waals surface area contributed by atoms with E-state index in [0.29, 0.717) is 13.0 Å². The molecule has 2 aromatic carbocycles. The smallest absolute Gasteiger partial charge is 0.244 e. The van der Waals surface area contributed by atoms with Crippen molar-refractivity contribution in [1.29, 1.82) is 0 Å². The molecule has 2 N–H and O–H groups in total. The van der Waals surface area contributed by atoms with Crippen LogP contribution in [0.5, 0.6) is 5.75 Å². The molecule has 0 radical (unpaired) electrons. The number of benzene rings is 2. The fourth-order valence-corrected chi connectivity index (χ4v) is 5.63. The number of anilines is 1. The molecule has 3 aromatic rings. The zero-order valence-electron chi connectivity index (χ0n) is 24.7. The number of unbranched alkanes of at least 4 members (excludes halogenated alkanes) is 1. The Morgan fingerprint density at radius 3 is 2.68 bits per heavy atom. The lowest BCUT2D eigenvalue weighted by Crippen LogP contribution is -2.35. The molecule has 41 heavy (non-hydrogen) atoms. The Hall–Kier alpha value is -3.04. The largest absolute Gasteiger partial charge is 0.399 e. The van der Waals surface area contributed by atoms with Crippen LogP contribution in [0.1, 0.15) is 67.0 Å². The topological polar surface area (TPSA) is 68.0 Å². The van der Waals surface area contributed by atoms with E-state index in [-0.39, 0.29) is 11.8 Å². The van der Waals surface area contributed by atoms with E-state index in [1.165, 1.54) is 22.4 Å². The lowest BCUT2D eigenvalue weighted by molar-refractivity contribution is -0.118. The predicted molar refractivity (Wildman–Crippen MR) is 174 cm³/mol. The number of allylic oxidation sites excluding steroid dienone is 1. The molecule has 0 saturated carbocycles. The van der Waals surface area contributed by atoms with Gasteiger partial charge in [-0.15, -0.1) is 11.3 Å². The number of fused-ring (bicyclic) bond motifs is 1. The Bertz CT molecular complexity index is 1280. The quantitative estimate of drug-likeness (QED) is 0.159. The summed E-state index contributed by atoms with van der Waals surface area (Å²) in [7, 11) is 2.01. The average Bonchev–Trinajstić information content (AvgIpc) is 3.67. The molecule has 6 nitrogen and oxygen atoms in total. The molecule has 1 unspecified atom stereocenters. The van der Waals surface area contributed by atoms with E-state index in [0.717, 1.165) is 60.7 Å². The predicted octanol–water partition coefficient (Wildman–Crippen LogP) is 8.35. The number of hydrogen-bond acceptors (Lipinski definition) is 7. The Morgan fingerprint density at radius 2 is 1.98 bits per heavy atom. The second-order valence-electron chi connectivity index (χ2n) is 10.3. The molecule has 8 heteroatoms. The summed E-state index contributed by atoms with van der Waals surface area (Å²) in [5.41, 5.74) is 5.86. The van der Waals surface area contributed by atoms with Crippen LogP contribution in [-0.2, 0) is 21.9 Å². The lowest BCUT2D eigenvalue weighted by Gasteiger charge is -2.28. The number of amides is 1. The van der Waals surface area contributed by atoms with E-state index in [1.807, 2.05) is 48.0 Å². The fraction of sp³-hybridized carbons (Fsp3) is 0.364. The third-order valence-corrected chi connectivity index (χ3v) is 8.43. The van der Waals surface area contributed by atoms with E-state index in [4.69, 9.17) is 10.1 Å². The molecule has 0 saturated heterocycles. The number of nitrogens with zero attached hydrogens (tertiary/aromatic N) is 2. The van der Waals surface area contributed by atoms with Crippen LogP contribution in [0.15, 0.2) is 84.5 Å². The van der Waals surface area contributed by atoms with Crippen molar-refractivity contribution in [1.82, 2.24) is 4.90 Å². The van der Waals surface area contributed by atoms with Crippen LogP contribution in [0, 0.1) is 6.92 Å². The van der Waals surface area contributed by atoms with Gasteiger partial charge in [-0.25, -0.2) is 0 Å². The van der Waals surface area contributed by atoms with Crippen LogP contribution >= 0.6 is 23.7 Å². The van der Waals surface area contributed by atoms with E-state index in [9.17, 15) is 4.79 Å². The molecule has 1 aliphatic carbocycles. The van der Waals surface area contributed by atoms with E-state index >= 15 is 0 Å². The van der Waals surface area contributed by atoms with Gasteiger partial charge in [-0.2, -0.15) is 10.2 Å². The van der Waals surface area contributed by atoms with Crippen molar-refractivity contribution < 1.29 is 13.3 Å². The molecule has 1 aromatic heterocycles. The van der Waals surface area contributed by atoms with Crippen LogP contribution < -0.4 is 15.0 Å². The molecular formula is C33H43N3O3S2. The van der Waals surface area contributed by atoms with Gasteiger partial charge in [0.25, 0.3) is 0 Å². The Balaban J connectivity index is 0.000000352. The van der Waals surface area contributed by atoms with Gasteiger partial charge in [-0.1, -0.05) is 57.2 Å². The number of likely N-dealkylation sites (N-methyl/N-ethyl adjacent to an activating group) is 1. The normalized spacial score (nSPS) is 12.8. The summed E-state index contributed by atoms with van der Waals surface area (Å²) in [6.07, 6.45) is 10.4. The van der Waals surface area contributed by atoms with Crippen LogP contribution in [0.25, 0.3) is 0 Å². The van der Waals surface area contributed by atoms with E-state index < -0.39 is 0 Å². The zero-order chi connectivity index (χ0) is 29.6. The summed E-state index contributed by atoms with van der Waals surface area (Å²) in [5, 5.41) is 2.08. The number of carbonyl (C=O) groups excluding carboxylic acids is 1. The van der Waals surface area contributed by atoms with Crippen molar-refractivity contribution in [3.63, 3.8) is 0 Å². The SMILES string of the molecule is C=C(CN(C(=O)CC(C)c1cccs1)c1ccc2c(c1)CCC2)N(C)/C=C\CCC.Cc1cccc(OSON)c1. The van der Waals surface area contributed by atoms with Gasteiger partial charge in [-0.3, -0.25) is 4.79 Å². The second-order valence-corrected chi connectivity index (χ2v) is 11.8. The number of thiophene rings is 1. The molecule has 0 spiro atoms. The number of nitrogens with two attached hydrogens (primary N) is 1. The summed E-state index contributed by atoms with van der Waals surface area (Å²) in [5.74, 6) is 5.86. The summed E-state index contributed by atoms with van der Waals surface area (Å²) in [6.45, 7) is 11.1. The third-order valence-electron chi connectivity index (χ3n) is 6.99. The second kappa shape index (κ2) is 17.0. The first-order valence-corrected chi connectivity index (χ1v) is 15.7. The van der Waals surface area contributed by atoms with Gasteiger partial charge < -0.3 is 14.0 Å². The summed E-state index contributed by atoms with van der Waals surface area (Å²) >= 11 is 2.47. The van der Waals surface area contributed by atoms with Crippen molar-refractivity contribution >= 4 is 35.3 Å². The highest BCUT2D eigenvalue weighted by Gasteiger charge is 2.23. The van der Waals surface area contributed by atoms with Crippen molar-refractivity contribution in [2.45, 2.75) is 65.2 Å². The molecule has 1 amide bonds. The fourth-order valence-electron chi connectivity index (χ4n) is 4.62. The maximum absolute atomic E-state index is 13.4. The standard InChI is InChI=1S/C26H34N2OS.C7H9NO2S/c1-5-6-7-15-27(4)21(3)19-28(24-14-13-22-10-8-11-23(22)18-24)26(29)17-20(2)25-12-9-16-30-25;1-6-3-2-4-7(5-6)9-11-10-8/h7,9,12-16,18,20H,3,5-6,8,10-11,17,19H2,1-2,4H3;2-5H,8H2,1H3/b15-7-;. The van der Waals surface area contributed by atoms with Crippen LogP contribution in [-0.4, -0.2) is 24.4 Å². The molecule has 0 aliphatic heterocycles. The van der Waals surface area contributed by atoms with Gasteiger partial charge in [-0.05, 0) is 97.1 Å². The highest BCUT2D eigenvalue weighted by Crippen LogP contribution is 2.30. The molecule has 220 valence electrons. The minimum absolute atomic E-state index is 0.154. The first kappa shape index (κ1) is 32.5. The third kappa shape index (κ3) is 10.4. The average molecular weight is 594 g/mol.